The molecule has 98 valence electrons. The normalized spacial score (nSPS) is 18.2. The van der Waals surface area contributed by atoms with Crippen LogP contribution in [0.15, 0.2) is 41.0 Å². The van der Waals surface area contributed by atoms with Crippen molar-refractivity contribution in [1.82, 2.24) is 10.9 Å². The highest BCUT2D eigenvalue weighted by atomic mass is 16.3. The third kappa shape index (κ3) is 2.11. The van der Waals surface area contributed by atoms with Crippen LogP contribution in [0.1, 0.15) is 28.5 Å². The fourth-order valence-electron chi connectivity index (χ4n) is 2.35. The van der Waals surface area contributed by atoms with Gasteiger partial charge in [-0.2, -0.15) is 0 Å². The van der Waals surface area contributed by atoms with E-state index >= 15 is 0 Å². The maximum absolute atomic E-state index is 10.2. The lowest BCUT2D eigenvalue weighted by Gasteiger charge is -2.10. The minimum Gasteiger partial charge on any atom is -0.507 e. The number of phenolic OH excluding ortho intramolecular Hbond substituents is 1. The molecule has 0 saturated carbocycles. The van der Waals surface area contributed by atoms with Crippen LogP contribution in [0.2, 0.25) is 0 Å². The van der Waals surface area contributed by atoms with Crippen molar-refractivity contribution in [3.05, 3.63) is 59.1 Å². The zero-order valence-electron chi connectivity index (χ0n) is 10.9. The first kappa shape index (κ1) is 11.9. The van der Waals surface area contributed by atoms with Crippen molar-refractivity contribution in [3.8, 4) is 5.75 Å². The van der Waals surface area contributed by atoms with Gasteiger partial charge in [-0.05, 0) is 49.2 Å². The molecule has 1 aromatic heterocycles. The van der Waals surface area contributed by atoms with Crippen LogP contribution in [-0.4, -0.2) is 5.11 Å². The molecule has 4 nitrogen and oxygen atoms in total. The van der Waals surface area contributed by atoms with Gasteiger partial charge in [-0.3, -0.25) is 0 Å². The Labute approximate surface area is 111 Å². The number of rotatable bonds is 2. The summed E-state index contributed by atoms with van der Waals surface area (Å²) >= 11 is 0. The molecule has 1 aliphatic heterocycles. The molecular weight excluding hydrogens is 240 g/mol. The van der Waals surface area contributed by atoms with E-state index in [0.717, 1.165) is 28.1 Å². The largest absolute Gasteiger partial charge is 0.507 e. The van der Waals surface area contributed by atoms with Gasteiger partial charge in [0.05, 0.1) is 12.0 Å². The molecule has 2 heterocycles. The number of furan rings is 1. The Hall–Kier alpha value is -2.20. The number of nitrogens with one attached hydrogen (secondary N) is 2. The lowest BCUT2D eigenvalue weighted by molar-refractivity contribution is 0.453. The van der Waals surface area contributed by atoms with Crippen LogP contribution >= 0.6 is 0 Å². The molecule has 1 atom stereocenters. The Balaban J connectivity index is 1.98. The van der Waals surface area contributed by atoms with Crippen molar-refractivity contribution in [1.29, 1.82) is 0 Å². The summed E-state index contributed by atoms with van der Waals surface area (Å²) in [4.78, 5) is 0. The smallest absolute Gasteiger partial charge is 0.127 e. The second kappa shape index (κ2) is 4.48. The summed E-state index contributed by atoms with van der Waals surface area (Å²) < 4.78 is 5.37. The average Bonchev–Trinajstić information content (AvgIpc) is 3.03. The first-order valence-electron chi connectivity index (χ1n) is 6.22. The highest BCUT2D eigenvalue weighted by molar-refractivity contribution is 5.72. The van der Waals surface area contributed by atoms with Gasteiger partial charge in [0.2, 0.25) is 0 Å². The van der Waals surface area contributed by atoms with Gasteiger partial charge in [0.25, 0.3) is 0 Å². The predicted octanol–water partition coefficient (Wildman–Crippen LogP) is 2.79. The zero-order valence-corrected chi connectivity index (χ0v) is 10.9. The Morgan fingerprint density at radius 2 is 2.11 bits per heavy atom. The van der Waals surface area contributed by atoms with Crippen molar-refractivity contribution in [2.24, 2.45) is 0 Å². The van der Waals surface area contributed by atoms with Gasteiger partial charge in [0.15, 0.2) is 0 Å². The fraction of sp³-hybridized carbons (Fsp3) is 0.200. The maximum atomic E-state index is 10.2. The van der Waals surface area contributed by atoms with E-state index in [1.807, 2.05) is 44.2 Å². The minimum atomic E-state index is -0.0229. The van der Waals surface area contributed by atoms with Gasteiger partial charge in [-0.1, -0.05) is 6.07 Å². The molecule has 0 bridgehead atoms. The highest BCUT2D eigenvalue weighted by Gasteiger charge is 2.21. The zero-order chi connectivity index (χ0) is 13.4. The van der Waals surface area contributed by atoms with Crippen molar-refractivity contribution >= 4 is 5.70 Å². The van der Waals surface area contributed by atoms with Crippen molar-refractivity contribution < 1.29 is 9.52 Å². The van der Waals surface area contributed by atoms with Crippen molar-refractivity contribution in [2.75, 3.05) is 0 Å². The second-order valence-corrected chi connectivity index (χ2v) is 4.82. The number of benzene rings is 1. The van der Waals surface area contributed by atoms with E-state index in [9.17, 15) is 5.11 Å². The minimum absolute atomic E-state index is 0.0229. The molecule has 2 aromatic rings. The number of aryl methyl sites for hydroxylation is 2. The average molecular weight is 256 g/mol. The van der Waals surface area contributed by atoms with Crippen LogP contribution in [0.3, 0.4) is 0 Å². The number of aromatic hydroxyl groups is 1. The Morgan fingerprint density at radius 1 is 1.26 bits per heavy atom. The molecule has 3 rings (SSSR count). The summed E-state index contributed by atoms with van der Waals surface area (Å²) in [6.07, 6.45) is 3.66. The molecule has 3 N–H and O–H groups in total. The second-order valence-electron chi connectivity index (χ2n) is 4.82. The number of hydrazine groups is 1. The summed E-state index contributed by atoms with van der Waals surface area (Å²) in [7, 11) is 0. The third-order valence-corrected chi connectivity index (χ3v) is 3.28. The van der Waals surface area contributed by atoms with Gasteiger partial charge in [0, 0.05) is 5.56 Å². The van der Waals surface area contributed by atoms with E-state index in [4.69, 9.17) is 4.42 Å². The molecule has 4 heteroatoms. The Bertz CT molecular complexity index is 630. The molecule has 1 aromatic carbocycles. The first-order valence-corrected chi connectivity index (χ1v) is 6.22. The first-order chi connectivity index (χ1) is 9.15. The molecule has 0 saturated heterocycles. The predicted molar refractivity (Wildman–Crippen MR) is 73.3 cm³/mol. The summed E-state index contributed by atoms with van der Waals surface area (Å²) in [5, 5.41) is 10.2. The van der Waals surface area contributed by atoms with Gasteiger partial charge in [-0.25, -0.2) is 5.43 Å². The lowest BCUT2D eigenvalue weighted by atomic mass is 10.0. The molecule has 0 radical (unpaired) electrons. The van der Waals surface area contributed by atoms with Crippen LogP contribution in [0, 0.1) is 13.8 Å². The van der Waals surface area contributed by atoms with Crippen LogP contribution < -0.4 is 10.9 Å². The molecule has 0 unspecified atom stereocenters. The van der Waals surface area contributed by atoms with Gasteiger partial charge in [-0.15, -0.1) is 0 Å². The van der Waals surface area contributed by atoms with Crippen LogP contribution in [0.4, 0.5) is 0 Å². The third-order valence-electron chi connectivity index (χ3n) is 3.28. The van der Waals surface area contributed by atoms with Crippen LogP contribution in [0.25, 0.3) is 5.70 Å². The maximum Gasteiger partial charge on any atom is 0.127 e. The summed E-state index contributed by atoms with van der Waals surface area (Å²) in [6.45, 7) is 3.92. The van der Waals surface area contributed by atoms with E-state index in [1.165, 1.54) is 0 Å². The quantitative estimate of drug-likeness (QED) is 0.773. The number of hydrogen-bond acceptors (Lipinski definition) is 4. The summed E-state index contributed by atoms with van der Waals surface area (Å²) in [5.41, 5.74) is 9.89. The van der Waals surface area contributed by atoms with Gasteiger partial charge >= 0.3 is 0 Å². The Morgan fingerprint density at radius 3 is 2.84 bits per heavy atom. The topological polar surface area (TPSA) is 57.4 Å². The van der Waals surface area contributed by atoms with E-state index in [1.54, 1.807) is 6.26 Å². The SMILES string of the molecule is Cc1cc(C)c(O)c(C2=C[C@@H](c3ccco3)NN2)c1. The van der Waals surface area contributed by atoms with Gasteiger partial charge < -0.3 is 14.9 Å². The monoisotopic (exact) mass is 256 g/mol. The van der Waals surface area contributed by atoms with Crippen molar-refractivity contribution in [2.45, 2.75) is 19.9 Å². The molecule has 0 amide bonds. The standard InChI is InChI=1S/C15H16N2O2/c1-9-6-10(2)15(18)11(7-9)12-8-13(17-16-12)14-4-3-5-19-14/h3-8,13,16-18H,1-2H3/t13-/m0/s1. The molecule has 1 aliphatic rings. The molecule has 0 aliphatic carbocycles. The van der Waals surface area contributed by atoms with Gasteiger partial charge in [0.1, 0.15) is 17.6 Å². The fourth-order valence-corrected chi connectivity index (χ4v) is 2.35. The summed E-state index contributed by atoms with van der Waals surface area (Å²) in [5.74, 6) is 1.15. The van der Waals surface area contributed by atoms with Crippen molar-refractivity contribution in [3.63, 3.8) is 0 Å². The summed E-state index contributed by atoms with van der Waals surface area (Å²) in [6, 6.07) is 7.68. The van der Waals surface area contributed by atoms with Crippen LogP contribution in [0.5, 0.6) is 5.75 Å². The highest BCUT2D eigenvalue weighted by Crippen LogP contribution is 2.32. The van der Waals surface area contributed by atoms with E-state index < -0.39 is 0 Å². The Kier molecular flexibility index (Phi) is 2.80. The number of hydrogen-bond donors (Lipinski definition) is 3. The number of phenols is 1. The molecule has 0 fully saturated rings. The molecular formula is C15H16N2O2. The van der Waals surface area contributed by atoms with Crippen LogP contribution in [-0.2, 0) is 0 Å². The van der Waals surface area contributed by atoms with E-state index in [-0.39, 0.29) is 6.04 Å². The molecule has 19 heavy (non-hydrogen) atoms. The van der Waals surface area contributed by atoms with E-state index in [0.29, 0.717) is 5.75 Å². The van der Waals surface area contributed by atoms with E-state index in [2.05, 4.69) is 10.9 Å². The molecule has 0 spiro atoms. The lowest BCUT2D eigenvalue weighted by Crippen LogP contribution is -2.26.